The molecule has 0 aliphatic rings. The van der Waals surface area contributed by atoms with Gasteiger partial charge in [0.15, 0.2) is 34.2 Å². The zero-order valence-electron chi connectivity index (χ0n) is 18.9. The molecule has 0 unspecified atom stereocenters. The number of allylic oxidation sites excluding steroid dienone is 2. The molecule has 2 aromatic heterocycles. The van der Waals surface area contributed by atoms with Gasteiger partial charge in [-0.3, -0.25) is 9.59 Å². The van der Waals surface area contributed by atoms with E-state index < -0.39 is 0 Å². The van der Waals surface area contributed by atoms with E-state index >= 15 is 0 Å². The largest absolute Gasteiger partial charge is 0.493 e. The molecule has 33 heavy (non-hydrogen) atoms. The molecule has 0 N–H and O–H groups in total. The van der Waals surface area contributed by atoms with E-state index in [2.05, 4.69) is 0 Å². The monoisotopic (exact) mass is 444 g/mol. The highest BCUT2D eigenvalue weighted by Gasteiger charge is 2.11. The average Bonchev–Trinajstić information content (AvgIpc) is 3.35. The van der Waals surface area contributed by atoms with Gasteiger partial charge in [-0.25, -0.2) is 0 Å². The zero-order chi connectivity index (χ0) is 23.5. The molecule has 2 aromatic carbocycles. The highest BCUT2D eigenvalue weighted by molar-refractivity contribution is 6.11. The minimum Gasteiger partial charge on any atom is -0.493 e. The lowest BCUT2D eigenvalue weighted by Crippen LogP contribution is -2.01. The summed E-state index contributed by atoms with van der Waals surface area (Å²) in [5.74, 6) is 2.16. The first kappa shape index (κ1) is 22.1. The van der Waals surface area contributed by atoms with Crippen molar-refractivity contribution in [3.63, 3.8) is 0 Å². The number of carbonyl (C=O) groups excluding carboxylic acids is 2. The van der Waals surface area contributed by atoms with Crippen molar-refractivity contribution in [2.24, 2.45) is 0 Å². The van der Waals surface area contributed by atoms with Crippen LogP contribution in [0.3, 0.4) is 0 Å². The fourth-order valence-corrected chi connectivity index (χ4v) is 3.71. The molecule has 6 heteroatoms. The molecular weight excluding hydrogens is 420 g/mol. The van der Waals surface area contributed by atoms with Crippen molar-refractivity contribution in [3.05, 3.63) is 71.2 Å². The van der Waals surface area contributed by atoms with Gasteiger partial charge in [0.2, 0.25) is 0 Å². The molecule has 168 valence electrons. The Labute approximate surface area is 191 Å². The van der Waals surface area contributed by atoms with Crippen molar-refractivity contribution in [1.82, 2.24) is 0 Å². The summed E-state index contributed by atoms with van der Waals surface area (Å²) in [5, 5.41) is 1.77. The van der Waals surface area contributed by atoms with Crippen LogP contribution in [-0.4, -0.2) is 25.8 Å². The Kier molecular flexibility index (Phi) is 6.18. The van der Waals surface area contributed by atoms with Gasteiger partial charge in [0, 0.05) is 10.8 Å². The lowest BCUT2D eigenvalue weighted by molar-refractivity contribution is -0.121. The molecule has 0 fully saturated rings. The summed E-state index contributed by atoms with van der Waals surface area (Å²) in [6.07, 6.45) is 5.93. The van der Waals surface area contributed by atoms with Gasteiger partial charge >= 0.3 is 0 Å². The van der Waals surface area contributed by atoms with Crippen molar-refractivity contribution >= 4 is 45.7 Å². The van der Waals surface area contributed by atoms with Crippen LogP contribution >= 0.6 is 0 Å². The van der Waals surface area contributed by atoms with Gasteiger partial charge in [0.25, 0.3) is 0 Å². The van der Waals surface area contributed by atoms with Crippen LogP contribution in [0.15, 0.2) is 57.4 Å². The van der Waals surface area contributed by atoms with Crippen LogP contribution in [0.25, 0.3) is 34.1 Å². The molecular formula is C27H24O6. The highest BCUT2D eigenvalue weighted by atomic mass is 16.5. The number of rotatable bonds is 8. The number of hydrogen-bond donors (Lipinski definition) is 0. The molecule has 0 aliphatic carbocycles. The molecule has 0 spiro atoms. The third kappa shape index (κ3) is 4.90. The molecule has 0 saturated carbocycles. The van der Waals surface area contributed by atoms with Crippen molar-refractivity contribution in [2.45, 2.75) is 20.3 Å². The summed E-state index contributed by atoms with van der Waals surface area (Å²) < 4.78 is 22.1. The van der Waals surface area contributed by atoms with Gasteiger partial charge in [-0.15, -0.1) is 0 Å². The minimum atomic E-state index is -0.287. The summed E-state index contributed by atoms with van der Waals surface area (Å²) in [5.41, 5.74) is 2.90. The SMILES string of the molecule is COc1cc(/C=C/C(=O)CC(=O)/C=C/c2cc(OC)c3oc(C)cc3c2)cc2cc(C)oc12. The molecule has 6 nitrogen and oxygen atoms in total. The number of fused-ring (bicyclic) bond motifs is 2. The molecule has 0 saturated heterocycles. The van der Waals surface area contributed by atoms with Crippen LogP contribution in [-0.2, 0) is 9.59 Å². The van der Waals surface area contributed by atoms with Crippen molar-refractivity contribution in [3.8, 4) is 11.5 Å². The van der Waals surface area contributed by atoms with Crippen LogP contribution in [0.2, 0.25) is 0 Å². The van der Waals surface area contributed by atoms with E-state index in [-0.39, 0.29) is 18.0 Å². The molecule has 2 heterocycles. The van der Waals surface area contributed by atoms with E-state index in [0.717, 1.165) is 33.4 Å². The Bertz CT molecular complexity index is 1310. The number of aryl methyl sites for hydroxylation is 2. The second-order valence-electron chi connectivity index (χ2n) is 7.77. The van der Waals surface area contributed by atoms with Gasteiger partial charge in [0.05, 0.1) is 20.6 Å². The van der Waals surface area contributed by atoms with Crippen LogP contribution in [0, 0.1) is 13.8 Å². The van der Waals surface area contributed by atoms with E-state index in [1.807, 2.05) is 38.1 Å². The van der Waals surface area contributed by atoms with E-state index in [0.29, 0.717) is 22.7 Å². The first-order chi connectivity index (χ1) is 15.9. The maximum Gasteiger partial charge on any atom is 0.176 e. The Hall–Kier alpha value is -4.06. The lowest BCUT2D eigenvalue weighted by Gasteiger charge is -2.03. The summed E-state index contributed by atoms with van der Waals surface area (Å²) in [6.45, 7) is 3.73. The molecule has 0 bridgehead atoms. The fourth-order valence-electron chi connectivity index (χ4n) is 3.71. The minimum absolute atomic E-state index is 0.221. The predicted octanol–water partition coefficient (Wildman–Crippen LogP) is 6.07. The third-order valence-corrected chi connectivity index (χ3v) is 5.17. The summed E-state index contributed by atoms with van der Waals surface area (Å²) in [7, 11) is 3.13. The maximum atomic E-state index is 12.3. The number of ether oxygens (including phenoxy) is 2. The molecule has 0 aliphatic heterocycles. The fraction of sp³-hybridized carbons (Fsp3) is 0.185. The van der Waals surface area contributed by atoms with Crippen molar-refractivity contribution in [1.29, 1.82) is 0 Å². The molecule has 0 radical (unpaired) electrons. The van der Waals surface area contributed by atoms with Crippen molar-refractivity contribution in [2.75, 3.05) is 14.2 Å². The van der Waals surface area contributed by atoms with E-state index in [9.17, 15) is 9.59 Å². The molecule has 0 amide bonds. The Morgan fingerprint density at radius 1 is 0.727 bits per heavy atom. The first-order valence-electron chi connectivity index (χ1n) is 10.4. The second-order valence-corrected chi connectivity index (χ2v) is 7.77. The van der Waals surface area contributed by atoms with Crippen molar-refractivity contribution < 1.29 is 27.9 Å². The normalized spacial score (nSPS) is 11.8. The lowest BCUT2D eigenvalue weighted by atomic mass is 10.1. The molecule has 4 aromatic rings. The van der Waals surface area contributed by atoms with E-state index in [1.165, 1.54) is 12.2 Å². The predicted molar refractivity (Wildman–Crippen MR) is 128 cm³/mol. The maximum absolute atomic E-state index is 12.3. The topological polar surface area (TPSA) is 78.9 Å². The first-order valence-corrected chi connectivity index (χ1v) is 10.4. The summed E-state index contributed by atoms with van der Waals surface area (Å²) >= 11 is 0. The van der Waals surface area contributed by atoms with Crippen LogP contribution in [0.5, 0.6) is 11.5 Å². The molecule has 0 atom stereocenters. The van der Waals surface area contributed by atoms with Gasteiger partial charge in [-0.1, -0.05) is 12.2 Å². The Morgan fingerprint density at radius 2 is 1.15 bits per heavy atom. The quantitative estimate of drug-likeness (QED) is 0.242. The number of ketones is 2. The second kappa shape index (κ2) is 9.20. The number of methoxy groups -OCH3 is 2. The summed E-state index contributed by atoms with van der Waals surface area (Å²) in [4.78, 5) is 24.6. The van der Waals surface area contributed by atoms with Crippen LogP contribution in [0.1, 0.15) is 29.1 Å². The zero-order valence-corrected chi connectivity index (χ0v) is 18.9. The van der Waals surface area contributed by atoms with E-state index in [4.69, 9.17) is 18.3 Å². The van der Waals surface area contributed by atoms with Crippen LogP contribution in [0.4, 0.5) is 0 Å². The summed E-state index contributed by atoms with van der Waals surface area (Å²) in [6, 6.07) is 11.2. The average molecular weight is 444 g/mol. The highest BCUT2D eigenvalue weighted by Crippen LogP contribution is 2.31. The van der Waals surface area contributed by atoms with Crippen LogP contribution < -0.4 is 9.47 Å². The molecule has 4 rings (SSSR count). The number of benzene rings is 2. The number of hydrogen-bond acceptors (Lipinski definition) is 6. The standard InChI is InChI=1S/C27H24O6/c1-16-9-20-11-18(13-24(30-3)26(20)32-16)5-7-22(28)15-23(29)8-6-19-12-21-10-17(2)33-27(21)25(14-19)31-4/h5-14H,15H2,1-4H3/b7-5+,8-6+. The third-order valence-electron chi connectivity index (χ3n) is 5.17. The van der Waals surface area contributed by atoms with Gasteiger partial charge in [-0.05, 0) is 73.5 Å². The number of carbonyl (C=O) groups is 2. The Morgan fingerprint density at radius 3 is 1.55 bits per heavy atom. The smallest absolute Gasteiger partial charge is 0.176 e. The van der Waals surface area contributed by atoms with Gasteiger partial charge < -0.3 is 18.3 Å². The van der Waals surface area contributed by atoms with Gasteiger partial charge in [-0.2, -0.15) is 0 Å². The Balaban J connectivity index is 1.44. The van der Waals surface area contributed by atoms with E-state index in [1.54, 1.807) is 38.5 Å². The number of furan rings is 2. The van der Waals surface area contributed by atoms with Gasteiger partial charge in [0.1, 0.15) is 11.5 Å².